The molecule has 0 aliphatic rings. The van der Waals surface area contributed by atoms with Crippen molar-refractivity contribution in [2.24, 2.45) is 0 Å². The lowest BCUT2D eigenvalue weighted by Gasteiger charge is -2.12. The van der Waals surface area contributed by atoms with E-state index in [0.29, 0.717) is 6.61 Å². The number of fused-ring (bicyclic) bond motifs is 3. The van der Waals surface area contributed by atoms with E-state index in [9.17, 15) is 0 Å². The van der Waals surface area contributed by atoms with E-state index in [0.717, 1.165) is 50.2 Å². The Morgan fingerprint density at radius 1 is 0.966 bits per heavy atom. The van der Waals surface area contributed by atoms with Gasteiger partial charge in [-0.25, -0.2) is 0 Å². The number of pyridine rings is 1. The van der Waals surface area contributed by atoms with Gasteiger partial charge in [0.1, 0.15) is 12.4 Å². The Labute approximate surface area is 168 Å². The van der Waals surface area contributed by atoms with Gasteiger partial charge in [-0.3, -0.25) is 10.1 Å². The van der Waals surface area contributed by atoms with Crippen molar-refractivity contribution in [1.29, 1.82) is 0 Å². The van der Waals surface area contributed by atoms with Crippen molar-refractivity contribution in [3.05, 3.63) is 90.3 Å². The molecule has 0 atom stereocenters. The Morgan fingerprint density at radius 2 is 1.79 bits per heavy atom. The molecule has 0 spiro atoms. The van der Waals surface area contributed by atoms with Crippen LogP contribution in [0.3, 0.4) is 0 Å². The Balaban J connectivity index is 1.41. The van der Waals surface area contributed by atoms with E-state index in [4.69, 9.17) is 4.74 Å². The topological polar surface area (TPSA) is 62.8 Å². The molecule has 0 unspecified atom stereocenters. The van der Waals surface area contributed by atoms with Gasteiger partial charge >= 0.3 is 0 Å². The molecule has 5 nitrogen and oxygen atoms in total. The zero-order valence-corrected chi connectivity index (χ0v) is 16.0. The molecule has 2 heterocycles. The number of aryl methyl sites for hydroxylation is 1. The summed E-state index contributed by atoms with van der Waals surface area (Å²) in [6.07, 6.45) is 1.85. The van der Waals surface area contributed by atoms with Gasteiger partial charge in [0.15, 0.2) is 0 Å². The maximum Gasteiger partial charge on any atom is 0.119 e. The number of nitrogens with zero attached hydrogens (tertiary/aromatic N) is 2. The van der Waals surface area contributed by atoms with Gasteiger partial charge in [-0.2, -0.15) is 5.10 Å². The molecule has 0 aliphatic carbocycles. The monoisotopic (exact) mass is 380 g/mol. The lowest BCUT2D eigenvalue weighted by molar-refractivity contribution is 0.306. The predicted octanol–water partition coefficient (Wildman–Crippen LogP) is 5.74. The van der Waals surface area contributed by atoms with E-state index in [2.05, 4.69) is 38.7 Å². The van der Waals surface area contributed by atoms with Gasteiger partial charge in [-0.05, 0) is 55.0 Å². The molecule has 0 saturated carbocycles. The van der Waals surface area contributed by atoms with Crippen molar-refractivity contribution in [1.82, 2.24) is 15.2 Å². The third-order valence-electron chi connectivity index (χ3n) is 4.90. The smallest absolute Gasteiger partial charge is 0.119 e. The van der Waals surface area contributed by atoms with Gasteiger partial charge in [0.2, 0.25) is 0 Å². The highest BCUT2D eigenvalue weighted by Gasteiger charge is 2.10. The molecule has 5 rings (SSSR count). The number of aromatic nitrogens is 3. The number of benzene rings is 3. The highest BCUT2D eigenvalue weighted by Crippen LogP contribution is 2.32. The van der Waals surface area contributed by atoms with Crippen LogP contribution in [-0.2, 0) is 6.61 Å². The molecule has 0 saturated heterocycles. The summed E-state index contributed by atoms with van der Waals surface area (Å²) in [5.41, 5.74) is 6.06. The van der Waals surface area contributed by atoms with Crippen molar-refractivity contribution in [2.45, 2.75) is 13.5 Å². The molecular formula is C24H20N4O. The molecule has 29 heavy (non-hydrogen) atoms. The fourth-order valence-corrected chi connectivity index (χ4v) is 3.52. The van der Waals surface area contributed by atoms with E-state index >= 15 is 0 Å². The number of hydrogen-bond acceptors (Lipinski definition) is 4. The maximum absolute atomic E-state index is 5.88. The summed E-state index contributed by atoms with van der Waals surface area (Å²) in [5, 5.41) is 12.9. The molecule has 0 radical (unpaired) electrons. The summed E-state index contributed by atoms with van der Waals surface area (Å²) >= 11 is 0. The Kier molecular flexibility index (Phi) is 4.33. The minimum Gasteiger partial charge on any atom is -0.489 e. The first-order chi connectivity index (χ1) is 14.3. The second-order valence-electron chi connectivity index (χ2n) is 7.03. The van der Waals surface area contributed by atoms with E-state index in [1.54, 1.807) is 0 Å². The normalized spacial score (nSPS) is 11.1. The summed E-state index contributed by atoms with van der Waals surface area (Å²) in [4.78, 5) is 4.67. The van der Waals surface area contributed by atoms with E-state index in [1.165, 1.54) is 0 Å². The number of aromatic amines is 1. The molecule has 5 aromatic rings. The highest BCUT2D eigenvalue weighted by molar-refractivity contribution is 6.11. The minimum absolute atomic E-state index is 0.556. The number of rotatable bonds is 5. The first-order valence-electron chi connectivity index (χ1n) is 9.53. The van der Waals surface area contributed by atoms with Crippen LogP contribution in [0.4, 0.5) is 11.4 Å². The number of H-pyrrole nitrogens is 1. The van der Waals surface area contributed by atoms with Gasteiger partial charge in [-0.15, -0.1) is 0 Å². The van der Waals surface area contributed by atoms with Gasteiger partial charge in [0, 0.05) is 22.2 Å². The van der Waals surface area contributed by atoms with Crippen LogP contribution in [0.15, 0.2) is 79.0 Å². The highest BCUT2D eigenvalue weighted by atomic mass is 16.5. The number of ether oxygens (including phenoxy) is 1. The van der Waals surface area contributed by atoms with Crippen LogP contribution >= 0.6 is 0 Å². The first kappa shape index (κ1) is 17.3. The molecule has 0 aliphatic heterocycles. The summed E-state index contributed by atoms with van der Waals surface area (Å²) in [7, 11) is 0. The fraction of sp³-hybridized carbons (Fsp3) is 0.0833. The van der Waals surface area contributed by atoms with Crippen molar-refractivity contribution in [3.63, 3.8) is 0 Å². The number of hydrogen-bond donors (Lipinski definition) is 2. The standard InChI is InChI=1S/C24H20N4O/c1-16-13-23(24-20-14-25-28-21(20)11-12-22(24)26-16)27-18-7-9-19(10-8-18)29-15-17-5-3-2-4-6-17/h2-14H,15H2,1H3,(H,25,28)(H,26,27). The third-order valence-corrected chi connectivity index (χ3v) is 4.90. The van der Waals surface area contributed by atoms with Crippen molar-refractivity contribution in [2.75, 3.05) is 5.32 Å². The predicted molar refractivity (Wildman–Crippen MR) is 117 cm³/mol. The Morgan fingerprint density at radius 3 is 2.62 bits per heavy atom. The molecule has 142 valence electrons. The number of anilines is 2. The second-order valence-corrected chi connectivity index (χ2v) is 7.03. The van der Waals surface area contributed by atoms with Crippen LogP contribution in [0.2, 0.25) is 0 Å². The third kappa shape index (κ3) is 3.50. The van der Waals surface area contributed by atoms with Crippen LogP contribution in [0.5, 0.6) is 5.75 Å². The Hall–Kier alpha value is -3.86. The largest absolute Gasteiger partial charge is 0.489 e. The molecule has 3 aromatic carbocycles. The average Bonchev–Trinajstić information content (AvgIpc) is 3.22. The molecule has 0 amide bonds. The number of nitrogens with one attached hydrogen (secondary N) is 2. The zero-order valence-electron chi connectivity index (χ0n) is 16.0. The van der Waals surface area contributed by atoms with Gasteiger partial charge in [0.25, 0.3) is 0 Å². The molecule has 0 bridgehead atoms. The fourth-order valence-electron chi connectivity index (χ4n) is 3.52. The second kappa shape index (κ2) is 7.28. The minimum atomic E-state index is 0.556. The summed E-state index contributed by atoms with van der Waals surface area (Å²) in [5.74, 6) is 0.840. The van der Waals surface area contributed by atoms with Gasteiger partial charge in [-0.1, -0.05) is 30.3 Å². The molecular weight excluding hydrogens is 360 g/mol. The van der Waals surface area contributed by atoms with Crippen LogP contribution in [-0.4, -0.2) is 15.2 Å². The maximum atomic E-state index is 5.88. The van der Waals surface area contributed by atoms with Crippen molar-refractivity contribution in [3.8, 4) is 5.75 Å². The molecule has 2 aromatic heterocycles. The lowest BCUT2D eigenvalue weighted by Crippen LogP contribution is -1.97. The van der Waals surface area contributed by atoms with Gasteiger partial charge < -0.3 is 10.1 Å². The average molecular weight is 380 g/mol. The molecule has 0 fully saturated rings. The van der Waals surface area contributed by atoms with Gasteiger partial charge in [0.05, 0.1) is 22.9 Å². The summed E-state index contributed by atoms with van der Waals surface area (Å²) in [6.45, 7) is 2.56. The van der Waals surface area contributed by atoms with Crippen molar-refractivity contribution < 1.29 is 4.74 Å². The molecule has 5 heteroatoms. The summed E-state index contributed by atoms with van der Waals surface area (Å²) in [6, 6.07) is 24.3. The Bertz CT molecular complexity index is 1280. The lowest BCUT2D eigenvalue weighted by atomic mass is 10.1. The van der Waals surface area contributed by atoms with Crippen LogP contribution < -0.4 is 10.1 Å². The first-order valence-corrected chi connectivity index (χ1v) is 9.53. The van der Waals surface area contributed by atoms with Crippen LogP contribution in [0, 0.1) is 6.92 Å². The zero-order chi connectivity index (χ0) is 19.6. The summed E-state index contributed by atoms with van der Waals surface area (Å²) < 4.78 is 5.88. The van der Waals surface area contributed by atoms with Crippen LogP contribution in [0.1, 0.15) is 11.3 Å². The molecule has 2 N–H and O–H groups in total. The SMILES string of the molecule is Cc1cc(Nc2ccc(OCc3ccccc3)cc2)c2c(ccc3[nH]ncc32)n1. The van der Waals surface area contributed by atoms with E-state index < -0.39 is 0 Å². The van der Waals surface area contributed by atoms with E-state index in [1.807, 2.05) is 67.7 Å². The van der Waals surface area contributed by atoms with Crippen LogP contribution in [0.25, 0.3) is 21.8 Å². The van der Waals surface area contributed by atoms with Crippen molar-refractivity contribution >= 4 is 33.2 Å². The van der Waals surface area contributed by atoms with E-state index in [-0.39, 0.29) is 0 Å². The quantitative estimate of drug-likeness (QED) is 0.408.